The lowest BCUT2D eigenvalue weighted by atomic mass is 9.86. The molecule has 8 nitrogen and oxygen atoms in total. The second-order valence-corrected chi connectivity index (χ2v) is 10.5. The molecule has 0 bridgehead atoms. The Balaban J connectivity index is 1.90. The summed E-state index contributed by atoms with van der Waals surface area (Å²) in [5.41, 5.74) is 4.74. The maximum atomic E-state index is 13.3. The van der Waals surface area contributed by atoms with Crippen molar-refractivity contribution >= 4 is 23.7 Å². The smallest absolute Gasteiger partial charge is 0.415 e. The fraction of sp³-hybridized carbons (Fsp3) is 0.609. The maximum Gasteiger partial charge on any atom is 0.415 e. The molecule has 31 heavy (non-hydrogen) atoms. The van der Waals surface area contributed by atoms with E-state index in [2.05, 4.69) is 0 Å². The molecule has 0 radical (unpaired) electrons. The number of hydrogen-bond acceptors (Lipinski definition) is 6. The van der Waals surface area contributed by atoms with Gasteiger partial charge in [0.05, 0.1) is 19.1 Å². The number of carbonyl (C=O) groups excluding carboxylic acids is 3. The number of likely N-dealkylation sites (tertiary alicyclic amines) is 1. The average molecular weight is 432 g/mol. The van der Waals surface area contributed by atoms with Gasteiger partial charge in [-0.05, 0) is 38.3 Å². The molecule has 1 aromatic rings. The highest BCUT2D eigenvalue weighted by molar-refractivity contribution is 5.92. The van der Waals surface area contributed by atoms with Gasteiger partial charge in [-0.25, -0.2) is 9.59 Å². The Morgan fingerprint density at radius 3 is 2.29 bits per heavy atom. The van der Waals surface area contributed by atoms with E-state index in [0.717, 1.165) is 0 Å². The molecule has 2 saturated heterocycles. The lowest BCUT2D eigenvalue weighted by Crippen LogP contribution is -2.54. The molecule has 2 amide bonds. The predicted octanol–water partition coefficient (Wildman–Crippen LogP) is 2.70. The lowest BCUT2D eigenvalue weighted by Gasteiger charge is -2.33. The minimum absolute atomic E-state index is 0.0919. The molecule has 0 unspecified atom stereocenters. The van der Waals surface area contributed by atoms with E-state index in [0.29, 0.717) is 5.69 Å². The van der Waals surface area contributed by atoms with Gasteiger partial charge in [0.1, 0.15) is 11.6 Å². The molecule has 0 saturated carbocycles. The Morgan fingerprint density at radius 2 is 1.74 bits per heavy atom. The molecular weight excluding hydrogens is 398 g/mol. The van der Waals surface area contributed by atoms with E-state index in [1.807, 2.05) is 51.1 Å². The monoisotopic (exact) mass is 431 g/mol. The topological polar surface area (TPSA) is 102 Å². The van der Waals surface area contributed by atoms with Crippen molar-refractivity contribution in [2.45, 2.75) is 71.2 Å². The third-order valence-corrected chi connectivity index (χ3v) is 5.60. The van der Waals surface area contributed by atoms with Crippen molar-refractivity contribution in [1.82, 2.24) is 4.90 Å². The number of anilines is 1. The number of esters is 1. The number of rotatable bonds is 3. The standard InChI is InChI=1S/C23H33N3O5/c1-21(2,3)17(24)18(27)26-14-23(12-16(26)19(28)30-22(4,5)6)13-25(20(29)31-23)15-10-8-7-9-11-15/h7-11,16-17H,12-14,24H2,1-6H3/t16-,17+,23-/m0/s1. The first-order valence-electron chi connectivity index (χ1n) is 10.6. The van der Waals surface area contributed by atoms with Crippen LogP contribution in [0.15, 0.2) is 30.3 Å². The highest BCUT2D eigenvalue weighted by Crippen LogP contribution is 2.39. The van der Waals surface area contributed by atoms with Crippen LogP contribution in [0.5, 0.6) is 0 Å². The number of carbonyl (C=O) groups is 3. The Morgan fingerprint density at radius 1 is 1.13 bits per heavy atom. The zero-order chi connectivity index (χ0) is 23.2. The number of ether oxygens (including phenoxy) is 2. The van der Waals surface area contributed by atoms with Crippen molar-refractivity contribution in [2.75, 3.05) is 18.0 Å². The number of hydrogen-bond donors (Lipinski definition) is 1. The van der Waals surface area contributed by atoms with Gasteiger partial charge in [0.25, 0.3) is 0 Å². The van der Waals surface area contributed by atoms with Crippen LogP contribution in [-0.4, -0.2) is 59.2 Å². The van der Waals surface area contributed by atoms with E-state index >= 15 is 0 Å². The summed E-state index contributed by atoms with van der Waals surface area (Å²) in [5, 5.41) is 0. The summed E-state index contributed by atoms with van der Waals surface area (Å²) in [6, 6.07) is 7.49. The lowest BCUT2D eigenvalue weighted by molar-refractivity contribution is -0.163. The molecule has 1 aromatic carbocycles. The second kappa shape index (κ2) is 7.82. The molecule has 2 aliphatic rings. The molecule has 8 heteroatoms. The van der Waals surface area contributed by atoms with Crippen LogP contribution in [0, 0.1) is 5.41 Å². The highest BCUT2D eigenvalue weighted by Gasteiger charge is 2.58. The molecular formula is C23H33N3O5. The number of nitrogens with two attached hydrogens (primary N) is 1. The third kappa shape index (κ3) is 4.84. The number of benzene rings is 1. The van der Waals surface area contributed by atoms with Gasteiger partial charge in [0, 0.05) is 12.1 Å². The zero-order valence-corrected chi connectivity index (χ0v) is 19.2. The molecule has 2 N–H and O–H groups in total. The van der Waals surface area contributed by atoms with Gasteiger partial charge < -0.3 is 20.1 Å². The SMILES string of the molecule is CC(C)(C)OC(=O)[C@@H]1C[C@]2(CN(c3ccccc3)C(=O)O2)CN1C(=O)[C@@H](N)C(C)(C)C. The quantitative estimate of drug-likeness (QED) is 0.739. The third-order valence-electron chi connectivity index (χ3n) is 5.60. The molecule has 0 aliphatic carbocycles. The van der Waals surface area contributed by atoms with Crippen LogP contribution in [0.25, 0.3) is 0 Å². The van der Waals surface area contributed by atoms with Crippen LogP contribution in [0.1, 0.15) is 48.0 Å². The highest BCUT2D eigenvalue weighted by atomic mass is 16.6. The summed E-state index contributed by atoms with van der Waals surface area (Å²) in [6.07, 6.45) is -0.330. The number of para-hydroxylation sites is 1. The molecule has 170 valence electrons. The largest absolute Gasteiger partial charge is 0.458 e. The molecule has 2 heterocycles. The molecule has 3 rings (SSSR count). The normalized spacial score (nSPS) is 25.0. The second-order valence-electron chi connectivity index (χ2n) is 10.5. The minimum Gasteiger partial charge on any atom is -0.458 e. The van der Waals surface area contributed by atoms with Crippen LogP contribution in [0.4, 0.5) is 10.5 Å². The van der Waals surface area contributed by atoms with Crippen molar-refractivity contribution in [3.8, 4) is 0 Å². The first-order valence-corrected chi connectivity index (χ1v) is 10.6. The van der Waals surface area contributed by atoms with E-state index in [1.54, 1.807) is 20.8 Å². The van der Waals surface area contributed by atoms with E-state index in [-0.39, 0.29) is 25.4 Å². The van der Waals surface area contributed by atoms with Crippen molar-refractivity contribution in [1.29, 1.82) is 0 Å². The Labute approximate surface area is 183 Å². The van der Waals surface area contributed by atoms with Gasteiger partial charge in [-0.15, -0.1) is 0 Å². The fourth-order valence-corrected chi connectivity index (χ4v) is 3.93. The van der Waals surface area contributed by atoms with E-state index in [9.17, 15) is 14.4 Å². The van der Waals surface area contributed by atoms with Crippen molar-refractivity contribution in [3.63, 3.8) is 0 Å². The first-order chi connectivity index (χ1) is 14.2. The summed E-state index contributed by atoms with van der Waals surface area (Å²) < 4.78 is 11.4. The van der Waals surface area contributed by atoms with E-state index in [1.165, 1.54) is 9.80 Å². The van der Waals surface area contributed by atoms with Crippen molar-refractivity contribution in [2.24, 2.45) is 11.1 Å². The summed E-state index contributed by atoms with van der Waals surface area (Å²) >= 11 is 0. The summed E-state index contributed by atoms with van der Waals surface area (Å²) in [5.74, 6) is -0.873. The van der Waals surface area contributed by atoms with Crippen LogP contribution < -0.4 is 10.6 Å². The summed E-state index contributed by atoms with van der Waals surface area (Å²) in [6.45, 7) is 11.3. The van der Waals surface area contributed by atoms with E-state index in [4.69, 9.17) is 15.2 Å². The average Bonchev–Trinajstić information content (AvgIpc) is 3.19. The first kappa shape index (κ1) is 23.1. The predicted molar refractivity (Wildman–Crippen MR) is 116 cm³/mol. The zero-order valence-electron chi connectivity index (χ0n) is 19.2. The van der Waals surface area contributed by atoms with Crippen LogP contribution >= 0.6 is 0 Å². The maximum absolute atomic E-state index is 13.3. The van der Waals surface area contributed by atoms with Gasteiger partial charge in [-0.2, -0.15) is 0 Å². The molecule has 3 atom stereocenters. The van der Waals surface area contributed by atoms with Crippen molar-refractivity contribution < 1.29 is 23.9 Å². The molecule has 1 spiro atoms. The van der Waals surface area contributed by atoms with Gasteiger partial charge in [-0.3, -0.25) is 9.69 Å². The van der Waals surface area contributed by atoms with E-state index < -0.39 is 40.8 Å². The number of nitrogens with zero attached hydrogens (tertiary/aromatic N) is 2. The Bertz CT molecular complexity index is 858. The summed E-state index contributed by atoms with van der Waals surface area (Å²) in [4.78, 5) is 41.9. The Kier molecular flexibility index (Phi) is 5.82. The van der Waals surface area contributed by atoms with Gasteiger partial charge in [-0.1, -0.05) is 39.0 Å². The Hall–Kier alpha value is -2.61. The molecule has 2 fully saturated rings. The van der Waals surface area contributed by atoms with Crippen LogP contribution in [0.3, 0.4) is 0 Å². The van der Waals surface area contributed by atoms with Gasteiger partial charge in [0.15, 0.2) is 5.60 Å². The van der Waals surface area contributed by atoms with Gasteiger partial charge in [0.2, 0.25) is 5.91 Å². The molecule has 2 aliphatic heterocycles. The number of amides is 2. The fourth-order valence-electron chi connectivity index (χ4n) is 3.93. The molecule has 0 aromatic heterocycles. The van der Waals surface area contributed by atoms with Crippen LogP contribution in [0.2, 0.25) is 0 Å². The van der Waals surface area contributed by atoms with Crippen molar-refractivity contribution in [3.05, 3.63) is 30.3 Å². The van der Waals surface area contributed by atoms with Crippen LogP contribution in [-0.2, 0) is 19.1 Å². The van der Waals surface area contributed by atoms with Gasteiger partial charge >= 0.3 is 12.1 Å². The summed E-state index contributed by atoms with van der Waals surface area (Å²) in [7, 11) is 0. The minimum atomic E-state index is -0.998.